The Morgan fingerprint density at radius 3 is 2.75 bits per heavy atom. The maximum absolute atomic E-state index is 12.1. The Hall–Kier alpha value is -1.82. The highest BCUT2D eigenvalue weighted by Gasteiger charge is 2.16. The summed E-state index contributed by atoms with van der Waals surface area (Å²) in [6, 6.07) is 4.36. The lowest BCUT2D eigenvalue weighted by Crippen LogP contribution is -2.36. The minimum absolute atomic E-state index is 0.0442. The molecule has 0 aliphatic rings. The maximum atomic E-state index is 12.1. The van der Waals surface area contributed by atoms with Crippen LogP contribution in [0, 0.1) is 0 Å². The van der Waals surface area contributed by atoms with E-state index < -0.39 is 5.97 Å². The minimum Gasteiger partial charge on any atom is -0.478 e. The van der Waals surface area contributed by atoms with Crippen molar-refractivity contribution in [3.05, 3.63) is 40.9 Å². The summed E-state index contributed by atoms with van der Waals surface area (Å²) >= 11 is 3.21. The van der Waals surface area contributed by atoms with E-state index in [1.54, 1.807) is 23.1 Å². The van der Waals surface area contributed by atoms with Gasteiger partial charge in [0.25, 0.3) is 0 Å². The van der Waals surface area contributed by atoms with E-state index in [2.05, 4.69) is 27.8 Å². The van der Waals surface area contributed by atoms with Gasteiger partial charge in [0, 0.05) is 17.6 Å². The number of aromatic carboxylic acids is 1. The number of halogens is 1. The highest BCUT2D eigenvalue weighted by atomic mass is 79.9. The standard InChI is InChI=1S/C14H17BrN2O3/c1-3-7-17(8-4-2)14(20)16-12-6-5-10(15)9-11(12)13(18)19/h3,5-6,9H,1,4,7-8H2,2H3,(H,16,20)(H,18,19). The van der Waals surface area contributed by atoms with E-state index >= 15 is 0 Å². The van der Waals surface area contributed by atoms with Crippen molar-refractivity contribution in [2.24, 2.45) is 0 Å². The van der Waals surface area contributed by atoms with Crippen molar-refractivity contribution in [3.63, 3.8) is 0 Å². The molecule has 0 aromatic heterocycles. The second-order valence-electron chi connectivity index (χ2n) is 4.16. The predicted molar refractivity (Wildman–Crippen MR) is 82.2 cm³/mol. The number of carbonyl (C=O) groups excluding carboxylic acids is 1. The smallest absolute Gasteiger partial charge is 0.337 e. The number of nitrogens with zero attached hydrogens (tertiary/aromatic N) is 1. The van der Waals surface area contributed by atoms with Crippen molar-refractivity contribution in [3.8, 4) is 0 Å². The molecule has 6 heteroatoms. The predicted octanol–water partition coefficient (Wildman–Crippen LogP) is 3.58. The van der Waals surface area contributed by atoms with Gasteiger partial charge in [0.1, 0.15) is 0 Å². The quantitative estimate of drug-likeness (QED) is 0.777. The summed E-state index contributed by atoms with van der Waals surface area (Å²) in [5.41, 5.74) is 0.318. The Morgan fingerprint density at radius 2 is 2.20 bits per heavy atom. The van der Waals surface area contributed by atoms with E-state index in [0.29, 0.717) is 17.6 Å². The topological polar surface area (TPSA) is 69.6 Å². The molecule has 5 nitrogen and oxygen atoms in total. The number of urea groups is 1. The molecule has 0 spiro atoms. The van der Waals surface area contributed by atoms with Gasteiger partial charge in [-0.05, 0) is 24.6 Å². The summed E-state index contributed by atoms with van der Waals surface area (Å²) in [6.45, 7) is 6.57. The van der Waals surface area contributed by atoms with Crippen LogP contribution in [-0.4, -0.2) is 35.1 Å². The van der Waals surface area contributed by atoms with Crippen LogP contribution >= 0.6 is 15.9 Å². The SMILES string of the molecule is C=CCN(CCC)C(=O)Nc1ccc(Br)cc1C(=O)O. The zero-order valence-electron chi connectivity index (χ0n) is 11.2. The van der Waals surface area contributed by atoms with Crippen molar-refractivity contribution >= 4 is 33.6 Å². The molecule has 0 saturated heterocycles. The van der Waals surface area contributed by atoms with Crippen molar-refractivity contribution in [1.82, 2.24) is 4.90 Å². The number of hydrogen-bond acceptors (Lipinski definition) is 2. The van der Waals surface area contributed by atoms with E-state index in [4.69, 9.17) is 5.11 Å². The number of carbonyl (C=O) groups is 2. The summed E-state index contributed by atoms with van der Waals surface area (Å²) in [6.07, 6.45) is 2.45. The van der Waals surface area contributed by atoms with E-state index in [-0.39, 0.29) is 17.3 Å². The van der Waals surface area contributed by atoms with Crippen LogP contribution in [0.3, 0.4) is 0 Å². The number of nitrogens with one attached hydrogen (secondary N) is 1. The molecule has 108 valence electrons. The highest BCUT2D eigenvalue weighted by Crippen LogP contribution is 2.21. The Morgan fingerprint density at radius 1 is 1.50 bits per heavy atom. The first-order valence-corrected chi connectivity index (χ1v) is 6.98. The van der Waals surface area contributed by atoms with Gasteiger partial charge in [-0.3, -0.25) is 0 Å². The number of rotatable bonds is 6. The van der Waals surface area contributed by atoms with Crippen LogP contribution in [0.5, 0.6) is 0 Å². The molecule has 0 unspecified atom stereocenters. The van der Waals surface area contributed by atoms with Gasteiger partial charge >= 0.3 is 12.0 Å². The van der Waals surface area contributed by atoms with Gasteiger partial charge in [-0.25, -0.2) is 9.59 Å². The third-order valence-electron chi connectivity index (χ3n) is 2.58. The number of carboxylic acids is 1. The number of amides is 2. The third kappa shape index (κ3) is 4.38. The molecular weight excluding hydrogens is 324 g/mol. The fourth-order valence-electron chi connectivity index (χ4n) is 1.70. The molecule has 0 radical (unpaired) electrons. The summed E-state index contributed by atoms with van der Waals surface area (Å²) in [5, 5.41) is 11.8. The normalized spacial score (nSPS) is 9.90. The van der Waals surface area contributed by atoms with Gasteiger partial charge in [0.2, 0.25) is 0 Å². The molecule has 1 aromatic rings. The molecule has 0 bridgehead atoms. The van der Waals surface area contributed by atoms with Crippen molar-refractivity contribution in [2.75, 3.05) is 18.4 Å². The molecule has 2 amide bonds. The molecule has 0 aliphatic carbocycles. The molecular formula is C14H17BrN2O3. The van der Waals surface area contributed by atoms with Crippen molar-refractivity contribution in [1.29, 1.82) is 0 Å². The molecule has 1 aromatic carbocycles. The van der Waals surface area contributed by atoms with Gasteiger partial charge in [-0.2, -0.15) is 0 Å². The van der Waals surface area contributed by atoms with Crippen LogP contribution in [0.4, 0.5) is 10.5 Å². The second-order valence-corrected chi connectivity index (χ2v) is 5.08. The Labute approximate surface area is 126 Å². The Bertz CT molecular complexity index is 517. The van der Waals surface area contributed by atoms with E-state index in [1.165, 1.54) is 6.07 Å². The lowest BCUT2D eigenvalue weighted by atomic mass is 10.2. The zero-order chi connectivity index (χ0) is 15.1. The number of anilines is 1. The molecule has 0 atom stereocenters. The van der Waals surface area contributed by atoms with E-state index in [9.17, 15) is 9.59 Å². The summed E-state index contributed by atoms with van der Waals surface area (Å²) < 4.78 is 0.643. The molecule has 0 heterocycles. The van der Waals surface area contributed by atoms with Crippen LogP contribution in [0.15, 0.2) is 35.3 Å². The number of carboxylic acid groups (broad SMARTS) is 1. The molecule has 1 rings (SSSR count). The number of hydrogen-bond donors (Lipinski definition) is 2. The zero-order valence-corrected chi connectivity index (χ0v) is 12.8. The van der Waals surface area contributed by atoms with Crippen molar-refractivity contribution < 1.29 is 14.7 Å². The summed E-state index contributed by atoms with van der Waals surface area (Å²) in [5.74, 6) is -1.09. The minimum atomic E-state index is -1.09. The largest absolute Gasteiger partial charge is 0.478 e. The van der Waals surface area contributed by atoms with Crippen LogP contribution < -0.4 is 5.32 Å². The summed E-state index contributed by atoms with van der Waals surface area (Å²) in [4.78, 5) is 24.9. The Kier molecular flexibility index (Phi) is 6.24. The fourth-order valence-corrected chi connectivity index (χ4v) is 2.06. The monoisotopic (exact) mass is 340 g/mol. The third-order valence-corrected chi connectivity index (χ3v) is 3.08. The molecule has 0 saturated carbocycles. The highest BCUT2D eigenvalue weighted by molar-refractivity contribution is 9.10. The Balaban J connectivity index is 2.94. The van der Waals surface area contributed by atoms with Crippen molar-refractivity contribution in [2.45, 2.75) is 13.3 Å². The van der Waals surface area contributed by atoms with Crippen LogP contribution in [0.1, 0.15) is 23.7 Å². The molecule has 0 aliphatic heterocycles. The van der Waals surface area contributed by atoms with E-state index in [0.717, 1.165) is 6.42 Å². The first-order chi connectivity index (χ1) is 9.49. The van der Waals surface area contributed by atoms with Crippen LogP contribution in [-0.2, 0) is 0 Å². The number of benzene rings is 1. The van der Waals surface area contributed by atoms with E-state index in [1.807, 2.05) is 6.92 Å². The average molecular weight is 341 g/mol. The van der Waals surface area contributed by atoms with Gasteiger partial charge in [-0.15, -0.1) is 6.58 Å². The second kappa shape index (κ2) is 7.69. The first-order valence-electron chi connectivity index (χ1n) is 6.19. The molecule has 2 N–H and O–H groups in total. The lowest BCUT2D eigenvalue weighted by molar-refractivity contribution is 0.0698. The van der Waals surface area contributed by atoms with Crippen LogP contribution in [0.25, 0.3) is 0 Å². The van der Waals surface area contributed by atoms with Gasteiger partial charge in [-0.1, -0.05) is 28.9 Å². The molecule has 0 fully saturated rings. The average Bonchev–Trinajstić information content (AvgIpc) is 2.40. The first kappa shape index (κ1) is 16.2. The maximum Gasteiger partial charge on any atom is 0.337 e. The van der Waals surface area contributed by atoms with Crippen LogP contribution in [0.2, 0.25) is 0 Å². The van der Waals surface area contributed by atoms with Gasteiger partial charge in [0.15, 0.2) is 0 Å². The summed E-state index contributed by atoms with van der Waals surface area (Å²) in [7, 11) is 0. The van der Waals surface area contributed by atoms with Gasteiger partial charge < -0.3 is 15.3 Å². The van der Waals surface area contributed by atoms with Gasteiger partial charge in [0.05, 0.1) is 11.3 Å². The lowest BCUT2D eigenvalue weighted by Gasteiger charge is -2.21. The molecule has 20 heavy (non-hydrogen) atoms. The fraction of sp³-hybridized carbons (Fsp3) is 0.286.